The lowest BCUT2D eigenvalue weighted by molar-refractivity contribution is -0.384. The number of anilines is 1. The number of aliphatic hydroxyl groups excluding tert-OH is 1. The van der Waals surface area contributed by atoms with Gasteiger partial charge in [-0.25, -0.2) is 4.98 Å². The number of aliphatic hydroxyl groups is 1. The van der Waals surface area contributed by atoms with Crippen LogP contribution in [0, 0.1) is 10.1 Å². The molecule has 0 spiro atoms. The van der Waals surface area contributed by atoms with E-state index in [1.807, 2.05) is 0 Å². The molecule has 1 N–H and O–H groups in total. The molecule has 8 heteroatoms. The second-order valence-corrected chi connectivity index (χ2v) is 3.90. The van der Waals surface area contributed by atoms with E-state index in [9.17, 15) is 10.1 Å². The summed E-state index contributed by atoms with van der Waals surface area (Å²) in [5.74, 6) is 0.392. The van der Waals surface area contributed by atoms with Gasteiger partial charge in [0.25, 0.3) is 0 Å². The van der Waals surface area contributed by atoms with Crippen molar-refractivity contribution in [2.24, 2.45) is 0 Å². The molecule has 0 fully saturated rings. The lowest BCUT2D eigenvalue weighted by atomic mass is 10.3. The minimum Gasteiger partial charge on any atom is -0.395 e. The van der Waals surface area contributed by atoms with Crippen LogP contribution in [0.25, 0.3) is 0 Å². The highest BCUT2D eigenvalue weighted by Crippen LogP contribution is 2.27. The monoisotopic (exact) mass is 279 g/mol. The van der Waals surface area contributed by atoms with Gasteiger partial charge >= 0.3 is 5.69 Å². The number of nitrogens with zero attached hydrogens (tertiary/aromatic N) is 3. The van der Waals surface area contributed by atoms with Crippen LogP contribution in [0.15, 0.2) is 12.1 Å². The van der Waals surface area contributed by atoms with Crippen LogP contribution in [-0.2, 0) is 0 Å². The molecule has 1 aromatic rings. The summed E-state index contributed by atoms with van der Waals surface area (Å²) in [6.45, 7) is 0.402. The topological polar surface area (TPSA) is 79.5 Å². The highest BCUT2D eigenvalue weighted by atomic mass is 35.5. The fourth-order valence-electron chi connectivity index (χ4n) is 1.34. The van der Waals surface area contributed by atoms with Gasteiger partial charge in [0.2, 0.25) is 5.82 Å². The maximum atomic E-state index is 10.8. The zero-order chi connectivity index (χ0) is 12.8. The van der Waals surface area contributed by atoms with Gasteiger partial charge in [0.1, 0.15) is 5.15 Å². The first-order valence-corrected chi connectivity index (χ1v) is 5.74. The smallest absolute Gasteiger partial charge is 0.311 e. The number of hydrogen-bond acceptors (Lipinski definition) is 5. The number of pyridine rings is 1. The molecule has 6 nitrogen and oxygen atoms in total. The summed E-state index contributed by atoms with van der Waals surface area (Å²) in [6.07, 6.45) is 0. The van der Waals surface area contributed by atoms with Gasteiger partial charge in [0.05, 0.1) is 11.5 Å². The Balaban J connectivity index is 3.14. The molecule has 0 saturated heterocycles. The van der Waals surface area contributed by atoms with E-state index in [0.29, 0.717) is 6.54 Å². The maximum Gasteiger partial charge on any atom is 0.311 e. The molecule has 0 amide bonds. The van der Waals surface area contributed by atoms with Gasteiger partial charge < -0.3 is 10.0 Å². The third-order valence-corrected chi connectivity index (χ3v) is 2.42. The molecule has 0 bridgehead atoms. The maximum absolute atomic E-state index is 10.8. The Morgan fingerprint density at radius 3 is 2.71 bits per heavy atom. The predicted octanol–water partition coefficient (Wildman–Crippen LogP) is 1.68. The molecule has 0 aliphatic carbocycles. The second-order valence-electron chi connectivity index (χ2n) is 3.13. The van der Waals surface area contributed by atoms with Crippen molar-refractivity contribution in [1.82, 2.24) is 4.98 Å². The highest BCUT2D eigenvalue weighted by molar-refractivity contribution is 6.29. The second kappa shape index (κ2) is 6.58. The summed E-state index contributed by atoms with van der Waals surface area (Å²) >= 11 is 11.3. The number of nitro groups is 1. The van der Waals surface area contributed by atoms with Gasteiger partial charge in [-0.2, -0.15) is 0 Å². The van der Waals surface area contributed by atoms with Gasteiger partial charge in [-0.1, -0.05) is 11.6 Å². The van der Waals surface area contributed by atoms with Gasteiger partial charge in [-0.3, -0.25) is 10.1 Å². The summed E-state index contributed by atoms with van der Waals surface area (Å²) in [6, 6.07) is 2.63. The van der Waals surface area contributed by atoms with Crippen LogP contribution in [0.5, 0.6) is 0 Å². The van der Waals surface area contributed by atoms with Crippen LogP contribution in [0.1, 0.15) is 0 Å². The molecule has 0 atom stereocenters. The fraction of sp³-hybridized carbons (Fsp3) is 0.444. The first-order valence-electron chi connectivity index (χ1n) is 4.83. The van der Waals surface area contributed by atoms with E-state index in [-0.39, 0.29) is 35.7 Å². The van der Waals surface area contributed by atoms with E-state index >= 15 is 0 Å². The van der Waals surface area contributed by atoms with Gasteiger partial charge in [0, 0.05) is 25.0 Å². The Hall–Kier alpha value is -1.11. The quantitative estimate of drug-likeness (QED) is 0.371. The predicted molar refractivity (Wildman–Crippen MR) is 65.9 cm³/mol. The molecule has 1 heterocycles. The van der Waals surface area contributed by atoms with Crippen molar-refractivity contribution in [2.75, 3.05) is 30.5 Å². The summed E-state index contributed by atoms with van der Waals surface area (Å²) in [5.41, 5.74) is -0.159. The minimum absolute atomic E-state index is 0.122. The van der Waals surface area contributed by atoms with Crippen molar-refractivity contribution in [1.29, 1.82) is 0 Å². The lowest BCUT2D eigenvalue weighted by Crippen LogP contribution is -2.30. The molecule has 0 radical (unpaired) electrons. The largest absolute Gasteiger partial charge is 0.395 e. The first kappa shape index (κ1) is 14.0. The first-order chi connectivity index (χ1) is 8.10. The molecule has 0 aliphatic rings. The molecule has 17 heavy (non-hydrogen) atoms. The van der Waals surface area contributed by atoms with Crippen molar-refractivity contribution in [3.63, 3.8) is 0 Å². The van der Waals surface area contributed by atoms with Crippen LogP contribution in [0.3, 0.4) is 0 Å². The normalized spacial score (nSPS) is 10.3. The van der Waals surface area contributed by atoms with Crippen LogP contribution in [0.4, 0.5) is 11.5 Å². The molecule has 0 aromatic carbocycles. The highest BCUT2D eigenvalue weighted by Gasteiger charge is 2.21. The fourth-order valence-corrected chi connectivity index (χ4v) is 1.69. The number of halogens is 2. The molecule has 1 rings (SSSR count). The SMILES string of the molecule is O=[N+]([O-])c1ccc(Cl)nc1N(CCO)CCCl. The Kier molecular flexibility index (Phi) is 5.40. The van der Waals surface area contributed by atoms with Crippen molar-refractivity contribution in [3.8, 4) is 0 Å². The molecule has 0 unspecified atom stereocenters. The van der Waals surface area contributed by atoms with Crippen molar-refractivity contribution in [3.05, 3.63) is 27.4 Å². The summed E-state index contributed by atoms with van der Waals surface area (Å²) in [7, 11) is 0. The summed E-state index contributed by atoms with van der Waals surface area (Å²) < 4.78 is 0. The van der Waals surface area contributed by atoms with E-state index in [0.717, 1.165) is 0 Å². The number of aromatic nitrogens is 1. The third-order valence-electron chi connectivity index (χ3n) is 2.04. The van der Waals surface area contributed by atoms with Crippen molar-refractivity contribution >= 4 is 34.7 Å². The van der Waals surface area contributed by atoms with Crippen LogP contribution in [-0.4, -0.2) is 40.6 Å². The van der Waals surface area contributed by atoms with Gasteiger partial charge in [0.15, 0.2) is 0 Å². The van der Waals surface area contributed by atoms with E-state index in [4.69, 9.17) is 28.3 Å². The van der Waals surface area contributed by atoms with E-state index in [1.165, 1.54) is 17.0 Å². The van der Waals surface area contributed by atoms with E-state index in [1.54, 1.807) is 0 Å². The van der Waals surface area contributed by atoms with E-state index in [2.05, 4.69) is 4.98 Å². The zero-order valence-electron chi connectivity index (χ0n) is 8.84. The molecule has 94 valence electrons. The molecular weight excluding hydrogens is 269 g/mol. The Morgan fingerprint density at radius 2 is 2.18 bits per heavy atom. The average Bonchev–Trinajstić information content (AvgIpc) is 2.28. The molecular formula is C9H11Cl2N3O3. The van der Waals surface area contributed by atoms with Gasteiger partial charge in [-0.05, 0) is 6.07 Å². The Morgan fingerprint density at radius 1 is 1.47 bits per heavy atom. The summed E-state index contributed by atoms with van der Waals surface area (Å²) in [4.78, 5) is 15.7. The van der Waals surface area contributed by atoms with E-state index < -0.39 is 4.92 Å². The van der Waals surface area contributed by atoms with Crippen molar-refractivity contribution < 1.29 is 10.0 Å². The lowest BCUT2D eigenvalue weighted by Gasteiger charge is -2.21. The van der Waals surface area contributed by atoms with Gasteiger partial charge in [-0.15, -0.1) is 11.6 Å². The van der Waals surface area contributed by atoms with Crippen LogP contribution < -0.4 is 4.90 Å². The average molecular weight is 280 g/mol. The van der Waals surface area contributed by atoms with Crippen LogP contribution >= 0.6 is 23.2 Å². The molecule has 0 saturated carbocycles. The Labute approximate surface area is 108 Å². The minimum atomic E-state index is -0.544. The zero-order valence-corrected chi connectivity index (χ0v) is 10.4. The Bertz CT molecular complexity index is 397. The third kappa shape index (κ3) is 3.69. The number of hydrogen-bond donors (Lipinski definition) is 1. The molecule has 1 aromatic heterocycles. The number of alkyl halides is 1. The number of rotatable bonds is 6. The van der Waals surface area contributed by atoms with Crippen molar-refractivity contribution in [2.45, 2.75) is 0 Å². The standard InChI is InChI=1S/C9H11Cl2N3O3/c10-3-4-13(5-6-15)9-7(14(16)17)1-2-8(11)12-9/h1-2,15H,3-6H2. The van der Waals surface area contributed by atoms with Crippen LogP contribution in [0.2, 0.25) is 5.15 Å². The molecule has 0 aliphatic heterocycles. The summed E-state index contributed by atoms with van der Waals surface area (Å²) in [5, 5.41) is 19.9.